The summed E-state index contributed by atoms with van der Waals surface area (Å²) in [5, 5.41) is 0. The standard InChI is InChI=1S/C71H53N3/c1-47(49-36-39-53(40-37-49)73(52-22-7-4-8-23-52)54-41-43-55(44-42-54)74-68-34-17-12-27-61(68)62-28-13-18-35-69(62)74)70(50-20-5-3-6-21-50)72-67-33-19-29-56(48(67)2)51-38-45-60-59-26-11-16-32-65(59)71(66(60)46-51)63-30-14-9-24-57(63)58-25-10-15-31-64(58)71/h3-11,14-26,29-46H,1,12-13,27-28H2,2H3. The van der Waals surface area contributed by atoms with Gasteiger partial charge in [0.1, 0.15) is 0 Å². The fraction of sp³-hybridized carbons (Fsp3) is 0.0845. The summed E-state index contributed by atoms with van der Waals surface area (Å²) in [5.41, 5.74) is 28.4. The summed E-state index contributed by atoms with van der Waals surface area (Å²) in [4.78, 5) is 7.89. The summed E-state index contributed by atoms with van der Waals surface area (Å²) < 4.78 is 2.46. The molecular weight excluding hydrogens is 895 g/mol. The Balaban J connectivity index is 0.820. The van der Waals surface area contributed by atoms with Gasteiger partial charge in [0.25, 0.3) is 0 Å². The molecule has 3 nitrogen and oxygen atoms in total. The van der Waals surface area contributed by atoms with E-state index in [0.717, 1.165) is 82.0 Å². The first-order valence-electron chi connectivity index (χ1n) is 26.1. The monoisotopic (exact) mass is 947 g/mol. The van der Waals surface area contributed by atoms with Crippen molar-refractivity contribution in [3.63, 3.8) is 0 Å². The molecule has 0 N–H and O–H groups in total. The highest BCUT2D eigenvalue weighted by atomic mass is 15.1. The van der Waals surface area contributed by atoms with Gasteiger partial charge in [0.05, 0.1) is 16.8 Å². The lowest BCUT2D eigenvalue weighted by molar-refractivity contribution is 0.794. The van der Waals surface area contributed by atoms with Gasteiger partial charge >= 0.3 is 0 Å². The Morgan fingerprint density at radius 1 is 0.473 bits per heavy atom. The number of fused-ring (bicyclic) bond motifs is 13. The molecule has 0 radical (unpaired) electrons. The molecule has 0 fully saturated rings. The lowest BCUT2D eigenvalue weighted by atomic mass is 9.70. The van der Waals surface area contributed by atoms with Gasteiger partial charge in [-0.2, -0.15) is 0 Å². The van der Waals surface area contributed by atoms with E-state index in [1.165, 1.54) is 78.3 Å². The summed E-state index contributed by atoms with van der Waals surface area (Å²) in [6, 6.07) is 79.7. The van der Waals surface area contributed by atoms with Gasteiger partial charge < -0.3 is 9.47 Å². The predicted octanol–water partition coefficient (Wildman–Crippen LogP) is 18.0. The third-order valence-corrected chi connectivity index (χ3v) is 16.2. The predicted molar refractivity (Wildman–Crippen MR) is 310 cm³/mol. The molecule has 14 rings (SSSR count). The van der Waals surface area contributed by atoms with E-state index in [-0.39, 0.29) is 0 Å². The van der Waals surface area contributed by atoms with Gasteiger partial charge in [-0.25, -0.2) is 4.99 Å². The molecular formula is C71H53N3. The first-order chi connectivity index (χ1) is 36.6. The van der Waals surface area contributed by atoms with Crippen LogP contribution in [-0.4, -0.2) is 10.3 Å². The average molecular weight is 948 g/mol. The van der Waals surface area contributed by atoms with Gasteiger partial charge in [0.15, 0.2) is 0 Å². The van der Waals surface area contributed by atoms with Crippen molar-refractivity contribution >= 4 is 46.2 Å². The van der Waals surface area contributed by atoms with E-state index in [2.05, 4.69) is 259 Å². The van der Waals surface area contributed by atoms with Crippen LogP contribution in [0.25, 0.3) is 56.8 Å². The average Bonchev–Trinajstić information content (AvgIpc) is 4.18. The van der Waals surface area contributed by atoms with Crippen LogP contribution in [0, 0.1) is 6.92 Å². The zero-order valence-electron chi connectivity index (χ0n) is 41.5. The van der Waals surface area contributed by atoms with Gasteiger partial charge in [-0.15, -0.1) is 0 Å². The molecule has 4 aliphatic rings. The molecule has 1 heterocycles. The Bertz CT molecular complexity index is 3860. The molecule has 74 heavy (non-hydrogen) atoms. The van der Waals surface area contributed by atoms with Crippen molar-refractivity contribution < 1.29 is 0 Å². The summed E-state index contributed by atoms with van der Waals surface area (Å²) in [5.74, 6) is 0. The molecule has 4 aliphatic carbocycles. The highest BCUT2D eigenvalue weighted by molar-refractivity contribution is 6.32. The number of aliphatic imine (C=N–C) groups is 1. The molecule has 1 spiro atoms. The van der Waals surface area contributed by atoms with Crippen LogP contribution in [0.5, 0.6) is 0 Å². The number of anilines is 3. The first kappa shape index (κ1) is 43.7. The second-order valence-corrected chi connectivity index (χ2v) is 20.1. The molecule has 352 valence electrons. The minimum Gasteiger partial charge on any atom is -0.311 e. The maximum atomic E-state index is 5.56. The topological polar surface area (TPSA) is 20.5 Å². The summed E-state index contributed by atoms with van der Waals surface area (Å²) in [6.07, 6.45) is 13.7. The van der Waals surface area contributed by atoms with Crippen molar-refractivity contribution in [1.29, 1.82) is 0 Å². The number of aromatic nitrogens is 1. The van der Waals surface area contributed by atoms with Crippen LogP contribution in [0.2, 0.25) is 0 Å². The van der Waals surface area contributed by atoms with Gasteiger partial charge in [0, 0.05) is 45.3 Å². The first-order valence-corrected chi connectivity index (χ1v) is 26.1. The van der Waals surface area contributed by atoms with Crippen molar-refractivity contribution in [2.24, 2.45) is 4.99 Å². The second kappa shape index (κ2) is 17.6. The van der Waals surface area contributed by atoms with Gasteiger partial charge in [-0.05, 0) is 183 Å². The number of hydrogen-bond acceptors (Lipinski definition) is 2. The summed E-state index contributed by atoms with van der Waals surface area (Å²) in [7, 11) is 0. The molecule has 0 bridgehead atoms. The molecule has 0 saturated heterocycles. The largest absolute Gasteiger partial charge is 0.311 e. The van der Waals surface area contributed by atoms with Gasteiger partial charge in [0.2, 0.25) is 0 Å². The molecule has 9 aromatic carbocycles. The van der Waals surface area contributed by atoms with Gasteiger partial charge in [-0.3, -0.25) is 0 Å². The number of rotatable bonds is 9. The molecule has 1 aromatic heterocycles. The van der Waals surface area contributed by atoms with E-state index in [1.54, 1.807) is 0 Å². The lowest BCUT2D eigenvalue weighted by Crippen LogP contribution is -2.25. The van der Waals surface area contributed by atoms with Crippen molar-refractivity contribution in [2.75, 3.05) is 4.90 Å². The van der Waals surface area contributed by atoms with Crippen molar-refractivity contribution in [3.8, 4) is 39.1 Å². The number of benzene rings is 9. The second-order valence-electron chi connectivity index (χ2n) is 20.1. The molecule has 0 saturated carbocycles. The molecule has 0 atom stereocenters. The number of hydrogen-bond donors (Lipinski definition) is 0. The van der Waals surface area contributed by atoms with Crippen LogP contribution in [0.1, 0.15) is 74.3 Å². The van der Waals surface area contributed by atoms with Crippen molar-refractivity contribution in [3.05, 3.63) is 299 Å². The van der Waals surface area contributed by atoms with Crippen LogP contribution in [0.4, 0.5) is 22.7 Å². The SMILES string of the molecule is C=C(C(=Nc1cccc(-c2ccc3c(c2)C2(c4ccccc4-c4ccccc42)c2ccccc2-3)c1C)c1ccccc1)c1ccc(N(c2ccccc2)c2ccc(-n3c4c(c5c3C=CCC5)CCC=C4)cc2)cc1. The van der Waals surface area contributed by atoms with E-state index in [9.17, 15) is 0 Å². The van der Waals surface area contributed by atoms with Crippen LogP contribution in [-0.2, 0) is 18.3 Å². The highest BCUT2D eigenvalue weighted by Gasteiger charge is 2.51. The fourth-order valence-corrected chi connectivity index (χ4v) is 12.8. The minimum absolute atomic E-state index is 0.409. The van der Waals surface area contributed by atoms with E-state index in [0.29, 0.717) is 0 Å². The Morgan fingerprint density at radius 3 is 1.57 bits per heavy atom. The van der Waals surface area contributed by atoms with Crippen LogP contribution < -0.4 is 4.90 Å². The van der Waals surface area contributed by atoms with E-state index in [1.807, 2.05) is 0 Å². The van der Waals surface area contributed by atoms with Crippen LogP contribution >= 0.6 is 0 Å². The van der Waals surface area contributed by atoms with Gasteiger partial charge in [-0.1, -0.05) is 176 Å². The Kier molecular flexibility index (Phi) is 10.4. The molecule has 0 unspecified atom stereocenters. The van der Waals surface area contributed by atoms with Crippen LogP contribution in [0.3, 0.4) is 0 Å². The van der Waals surface area contributed by atoms with Crippen molar-refractivity contribution in [1.82, 2.24) is 4.57 Å². The maximum Gasteiger partial charge on any atom is 0.0781 e. The quantitative estimate of drug-likeness (QED) is 0.132. The number of para-hydroxylation sites is 1. The molecule has 10 aromatic rings. The van der Waals surface area contributed by atoms with Crippen molar-refractivity contribution in [2.45, 2.75) is 38.0 Å². The number of nitrogens with zero attached hydrogens (tertiary/aromatic N) is 3. The smallest absolute Gasteiger partial charge is 0.0781 e. The third-order valence-electron chi connectivity index (χ3n) is 16.2. The Hall–Kier alpha value is -9.05. The number of allylic oxidation sites excluding steroid dienone is 3. The molecule has 3 heteroatoms. The summed E-state index contributed by atoms with van der Waals surface area (Å²) in [6.45, 7) is 6.99. The Labute approximate surface area is 434 Å². The zero-order chi connectivity index (χ0) is 49.3. The molecule has 0 aliphatic heterocycles. The maximum absolute atomic E-state index is 5.56. The van der Waals surface area contributed by atoms with E-state index < -0.39 is 5.41 Å². The molecule has 0 amide bonds. The zero-order valence-corrected chi connectivity index (χ0v) is 41.5. The minimum atomic E-state index is -0.409. The van der Waals surface area contributed by atoms with E-state index in [4.69, 9.17) is 11.6 Å². The normalized spacial score (nSPS) is 14.2. The highest BCUT2D eigenvalue weighted by Crippen LogP contribution is 2.63. The van der Waals surface area contributed by atoms with E-state index >= 15 is 0 Å². The lowest BCUT2D eigenvalue weighted by Gasteiger charge is -2.30. The fourth-order valence-electron chi connectivity index (χ4n) is 12.8. The third kappa shape index (κ3) is 6.77. The summed E-state index contributed by atoms with van der Waals surface area (Å²) >= 11 is 0. The Morgan fingerprint density at radius 2 is 0.973 bits per heavy atom. The van der Waals surface area contributed by atoms with Crippen LogP contribution in [0.15, 0.2) is 242 Å².